The fourth-order valence-corrected chi connectivity index (χ4v) is 5.49. The van der Waals surface area contributed by atoms with E-state index < -0.39 is 11.9 Å². The third-order valence-electron chi connectivity index (χ3n) is 5.42. The van der Waals surface area contributed by atoms with Crippen molar-refractivity contribution in [3.63, 3.8) is 0 Å². The number of aromatic nitrogens is 1. The third-order valence-corrected chi connectivity index (χ3v) is 8.11. The Balaban J connectivity index is 1.68. The molecule has 0 saturated carbocycles. The molecule has 2 aromatic carbocycles. The summed E-state index contributed by atoms with van der Waals surface area (Å²) in [6.45, 7) is 1.73. The summed E-state index contributed by atoms with van der Waals surface area (Å²) in [4.78, 5) is 32.0. The van der Waals surface area contributed by atoms with Crippen molar-refractivity contribution in [3.8, 4) is 0 Å². The van der Waals surface area contributed by atoms with Crippen LogP contribution in [0, 0.1) is 5.82 Å². The topological polar surface area (TPSA) is 76.6 Å². The molecule has 2 aromatic heterocycles. The molecule has 0 saturated heterocycles. The summed E-state index contributed by atoms with van der Waals surface area (Å²) in [6, 6.07) is 15.8. The summed E-state index contributed by atoms with van der Waals surface area (Å²) in [6.07, 6.45) is 1.63. The molecule has 1 atom stereocenters. The number of para-hydroxylation sites is 1. The first-order valence-corrected chi connectivity index (χ1v) is 12.8. The van der Waals surface area contributed by atoms with E-state index in [4.69, 9.17) is 4.42 Å². The first-order valence-electron chi connectivity index (χ1n) is 10.4. The number of rotatable bonds is 4. The Labute approximate surface area is 219 Å². The fourth-order valence-electron chi connectivity index (χ4n) is 3.86. The fraction of sp³-hybridized carbons (Fsp3) is 0.0800. The predicted octanol–water partition coefficient (Wildman–Crippen LogP) is 5.13. The minimum atomic E-state index is -0.784. The Morgan fingerprint density at radius 2 is 1.89 bits per heavy atom. The molecule has 3 heterocycles. The van der Waals surface area contributed by atoms with Gasteiger partial charge in [-0.15, -0.1) is 0 Å². The average molecular weight is 617 g/mol. The van der Waals surface area contributed by atoms with Gasteiger partial charge in [-0.3, -0.25) is 14.2 Å². The van der Waals surface area contributed by atoms with Crippen molar-refractivity contribution in [2.45, 2.75) is 13.0 Å². The second-order valence-electron chi connectivity index (χ2n) is 7.72. The Kier molecular flexibility index (Phi) is 6.43. The smallest absolute Gasteiger partial charge is 0.271 e. The van der Waals surface area contributed by atoms with Crippen LogP contribution in [0.3, 0.4) is 0 Å². The summed E-state index contributed by atoms with van der Waals surface area (Å²) < 4.78 is 22.4. The third kappa shape index (κ3) is 4.61. The van der Waals surface area contributed by atoms with Crippen LogP contribution in [0.15, 0.2) is 95.3 Å². The summed E-state index contributed by atoms with van der Waals surface area (Å²) in [5, 5.41) is 2.88. The van der Waals surface area contributed by atoms with Gasteiger partial charge < -0.3 is 9.73 Å². The Bertz CT molecular complexity index is 1640. The molecule has 4 aromatic rings. The molecule has 1 amide bonds. The molecule has 1 aliphatic heterocycles. The minimum absolute atomic E-state index is 0.308. The molecule has 0 aliphatic carbocycles. The van der Waals surface area contributed by atoms with Crippen LogP contribution in [-0.4, -0.2) is 10.5 Å². The molecule has 10 heteroatoms. The molecule has 0 spiro atoms. The zero-order chi connectivity index (χ0) is 24.7. The van der Waals surface area contributed by atoms with Gasteiger partial charge in [0.05, 0.1) is 26.3 Å². The largest absolute Gasteiger partial charge is 0.449 e. The molecular weight excluding hydrogens is 601 g/mol. The lowest BCUT2D eigenvalue weighted by Gasteiger charge is -2.25. The van der Waals surface area contributed by atoms with E-state index in [1.807, 2.05) is 18.2 Å². The van der Waals surface area contributed by atoms with Gasteiger partial charge in [0.1, 0.15) is 11.6 Å². The summed E-state index contributed by atoms with van der Waals surface area (Å²) >= 11 is 7.86. The molecule has 35 heavy (non-hydrogen) atoms. The molecule has 0 fully saturated rings. The number of thiazole rings is 1. The maximum absolute atomic E-state index is 13.7. The number of fused-ring (bicyclic) bond motifs is 1. The van der Waals surface area contributed by atoms with Gasteiger partial charge in [0.25, 0.3) is 11.5 Å². The van der Waals surface area contributed by atoms with Crippen molar-refractivity contribution in [2.75, 3.05) is 5.32 Å². The van der Waals surface area contributed by atoms with Crippen LogP contribution in [0.2, 0.25) is 0 Å². The van der Waals surface area contributed by atoms with Gasteiger partial charge in [0.2, 0.25) is 0 Å². The highest BCUT2D eigenvalue weighted by Crippen LogP contribution is 2.31. The number of carbonyl (C=O) groups is 1. The van der Waals surface area contributed by atoms with Gasteiger partial charge in [0.15, 0.2) is 9.47 Å². The molecule has 176 valence electrons. The number of carbonyl (C=O) groups excluding carboxylic acids is 1. The highest BCUT2D eigenvalue weighted by Gasteiger charge is 2.32. The monoisotopic (exact) mass is 615 g/mol. The Hall–Kier alpha value is -3.08. The maximum Gasteiger partial charge on any atom is 0.271 e. The number of nitrogens with zero attached hydrogens (tertiary/aromatic N) is 2. The van der Waals surface area contributed by atoms with Crippen molar-refractivity contribution in [1.82, 2.24) is 4.57 Å². The lowest BCUT2D eigenvalue weighted by atomic mass is 9.95. The van der Waals surface area contributed by atoms with Crippen molar-refractivity contribution in [2.24, 2.45) is 4.99 Å². The van der Waals surface area contributed by atoms with Crippen LogP contribution in [0.5, 0.6) is 0 Å². The number of allylic oxidation sites excluding steroid dienone is 1. The van der Waals surface area contributed by atoms with Crippen molar-refractivity contribution < 1.29 is 13.6 Å². The number of halogens is 3. The maximum atomic E-state index is 13.7. The van der Waals surface area contributed by atoms with Crippen LogP contribution < -0.4 is 20.2 Å². The van der Waals surface area contributed by atoms with Crippen molar-refractivity contribution in [1.29, 1.82) is 0 Å². The summed E-state index contributed by atoms with van der Waals surface area (Å²) in [5.41, 5.74) is 1.66. The van der Waals surface area contributed by atoms with Crippen molar-refractivity contribution >= 4 is 60.9 Å². The average Bonchev–Trinajstić information content (AvgIpc) is 3.31. The van der Waals surface area contributed by atoms with Crippen LogP contribution in [0.1, 0.15) is 24.3 Å². The quantitative estimate of drug-likeness (QED) is 0.345. The number of nitrogens with one attached hydrogen (secondary N) is 1. The molecular formula is C25H16Br2FN3O3S. The number of benzene rings is 2. The highest BCUT2D eigenvalue weighted by atomic mass is 79.9. The molecule has 0 unspecified atom stereocenters. The van der Waals surface area contributed by atoms with Gasteiger partial charge in [-0.05, 0) is 74.7 Å². The van der Waals surface area contributed by atoms with Gasteiger partial charge in [0, 0.05) is 11.8 Å². The SMILES string of the molecule is CC1=C(C(=O)Nc2ccccc2)[C@@H](c2ccc(F)cc2)n2c(s/c(=C/c3cc(Br)c(Br)o3)c2=O)=N1. The molecule has 0 bridgehead atoms. The predicted molar refractivity (Wildman–Crippen MR) is 139 cm³/mol. The first-order chi connectivity index (χ1) is 16.8. The van der Waals surface area contributed by atoms with E-state index in [2.05, 4.69) is 42.2 Å². The number of furan rings is 1. The van der Waals surface area contributed by atoms with Crippen molar-refractivity contribution in [3.05, 3.63) is 118 Å². The normalized spacial score (nSPS) is 15.7. The lowest BCUT2D eigenvalue weighted by Crippen LogP contribution is -2.40. The van der Waals surface area contributed by atoms with Crippen LogP contribution in [0.25, 0.3) is 6.08 Å². The Morgan fingerprint density at radius 3 is 2.54 bits per heavy atom. The molecule has 0 radical (unpaired) electrons. The van der Waals surface area contributed by atoms with E-state index >= 15 is 0 Å². The molecule has 1 N–H and O–H groups in total. The van der Waals surface area contributed by atoms with Crippen LogP contribution in [0.4, 0.5) is 10.1 Å². The van der Waals surface area contributed by atoms with Gasteiger partial charge in [-0.25, -0.2) is 9.38 Å². The number of hydrogen-bond donors (Lipinski definition) is 1. The molecule has 1 aliphatic rings. The summed E-state index contributed by atoms with van der Waals surface area (Å²) in [7, 11) is 0. The second kappa shape index (κ2) is 9.52. The molecule has 5 rings (SSSR count). The summed E-state index contributed by atoms with van der Waals surface area (Å²) in [5.74, 6) is -0.323. The minimum Gasteiger partial charge on any atom is -0.449 e. The van der Waals surface area contributed by atoms with E-state index in [0.717, 1.165) is 4.47 Å². The zero-order valence-electron chi connectivity index (χ0n) is 18.1. The van der Waals surface area contributed by atoms with E-state index in [9.17, 15) is 14.0 Å². The second-order valence-corrected chi connectivity index (χ2v) is 10.3. The zero-order valence-corrected chi connectivity index (χ0v) is 22.1. The molecule has 6 nitrogen and oxygen atoms in total. The van der Waals surface area contributed by atoms with E-state index in [1.165, 1.54) is 28.0 Å². The van der Waals surface area contributed by atoms with Gasteiger partial charge >= 0.3 is 0 Å². The van der Waals surface area contributed by atoms with Gasteiger partial charge in [-0.2, -0.15) is 0 Å². The lowest BCUT2D eigenvalue weighted by molar-refractivity contribution is -0.113. The number of amides is 1. The van der Waals surface area contributed by atoms with Crippen LogP contribution >= 0.6 is 43.2 Å². The van der Waals surface area contributed by atoms with E-state index in [-0.39, 0.29) is 11.5 Å². The standard InChI is InChI=1S/C25H16Br2FN3O3S/c1-13-20(23(32)30-16-5-3-2-4-6-16)21(14-7-9-15(28)10-8-14)31-24(33)19(35-25(31)29-13)12-17-11-18(26)22(27)34-17/h2-12,21H,1H3,(H,30,32)/b19-12+/t21-/m1/s1. The highest BCUT2D eigenvalue weighted by molar-refractivity contribution is 9.13. The van der Waals surface area contributed by atoms with Gasteiger partial charge in [-0.1, -0.05) is 41.7 Å². The van der Waals surface area contributed by atoms with Crippen LogP contribution in [-0.2, 0) is 4.79 Å². The van der Waals surface area contributed by atoms with E-state index in [1.54, 1.807) is 43.3 Å². The number of anilines is 1. The first kappa shape index (κ1) is 23.7. The van der Waals surface area contributed by atoms with E-state index in [0.29, 0.717) is 42.3 Å². The Morgan fingerprint density at radius 1 is 1.17 bits per heavy atom. The number of hydrogen-bond acceptors (Lipinski definition) is 5.